The number of carbonyl (C=O) groups excluding carboxylic acids is 1. The van der Waals surface area contributed by atoms with E-state index in [1.807, 2.05) is 19.1 Å². The van der Waals surface area contributed by atoms with E-state index in [-0.39, 0.29) is 5.78 Å². The fourth-order valence-electron chi connectivity index (χ4n) is 1.70. The van der Waals surface area contributed by atoms with Crippen molar-refractivity contribution in [2.45, 2.75) is 13.8 Å². The minimum Gasteiger partial charge on any atom is -0.289 e. The lowest BCUT2D eigenvalue weighted by atomic mass is 10.0. The highest BCUT2D eigenvalue weighted by atomic mass is 35.5. The molecule has 0 saturated carbocycles. The number of benzene rings is 2. The Morgan fingerprint density at radius 2 is 1.56 bits per heavy atom. The summed E-state index contributed by atoms with van der Waals surface area (Å²) in [4.78, 5) is 12.3. The number of hydrogen-bond donors (Lipinski definition) is 0. The average molecular weight is 279 g/mol. The van der Waals surface area contributed by atoms with Gasteiger partial charge in [-0.3, -0.25) is 4.79 Å². The van der Waals surface area contributed by atoms with E-state index in [0.717, 1.165) is 11.1 Å². The third-order valence-corrected chi connectivity index (χ3v) is 3.78. The van der Waals surface area contributed by atoms with Gasteiger partial charge in [-0.15, -0.1) is 0 Å². The third-order valence-electron chi connectivity index (χ3n) is 2.88. The van der Waals surface area contributed by atoms with Gasteiger partial charge in [0.05, 0.1) is 5.02 Å². The Balaban J connectivity index is 2.46. The fraction of sp³-hybridized carbons (Fsp3) is 0.133. The molecule has 0 aliphatic rings. The molecule has 0 radical (unpaired) electrons. The Hall–Kier alpha value is -1.31. The van der Waals surface area contributed by atoms with Gasteiger partial charge in [0.15, 0.2) is 5.78 Å². The summed E-state index contributed by atoms with van der Waals surface area (Å²) in [6.07, 6.45) is 0. The molecule has 2 aromatic carbocycles. The Bertz CT molecular complexity index is 601. The minimum absolute atomic E-state index is 0.0835. The van der Waals surface area contributed by atoms with E-state index >= 15 is 0 Å². The van der Waals surface area contributed by atoms with Crippen molar-refractivity contribution in [2.24, 2.45) is 0 Å². The van der Waals surface area contributed by atoms with Crippen molar-refractivity contribution in [3.8, 4) is 0 Å². The lowest BCUT2D eigenvalue weighted by Crippen LogP contribution is -2.03. The maximum atomic E-state index is 12.3. The molecular formula is C15H12Cl2O. The number of ketones is 1. The summed E-state index contributed by atoms with van der Waals surface area (Å²) in [6.45, 7) is 3.78. The van der Waals surface area contributed by atoms with Crippen LogP contribution in [0.3, 0.4) is 0 Å². The number of halogens is 2. The summed E-state index contributed by atoms with van der Waals surface area (Å²) >= 11 is 12.1. The van der Waals surface area contributed by atoms with Gasteiger partial charge < -0.3 is 0 Å². The second-order valence-corrected chi connectivity index (χ2v) is 5.01. The zero-order valence-corrected chi connectivity index (χ0v) is 11.6. The van der Waals surface area contributed by atoms with Gasteiger partial charge in [0.2, 0.25) is 0 Å². The molecule has 0 heterocycles. The van der Waals surface area contributed by atoms with Crippen LogP contribution in [0.15, 0.2) is 36.4 Å². The van der Waals surface area contributed by atoms with E-state index in [9.17, 15) is 4.79 Å². The number of carbonyl (C=O) groups is 1. The van der Waals surface area contributed by atoms with Crippen molar-refractivity contribution in [1.82, 2.24) is 0 Å². The monoisotopic (exact) mass is 278 g/mol. The van der Waals surface area contributed by atoms with Crippen LogP contribution in [0.2, 0.25) is 10.0 Å². The van der Waals surface area contributed by atoms with E-state index < -0.39 is 0 Å². The molecule has 0 fully saturated rings. The van der Waals surface area contributed by atoms with E-state index in [2.05, 4.69) is 0 Å². The number of rotatable bonds is 2. The molecule has 0 aliphatic heterocycles. The van der Waals surface area contributed by atoms with Gasteiger partial charge in [0, 0.05) is 16.1 Å². The summed E-state index contributed by atoms with van der Waals surface area (Å²) in [5.41, 5.74) is 2.97. The van der Waals surface area contributed by atoms with Gasteiger partial charge in [-0.05, 0) is 31.5 Å². The Labute approximate surface area is 116 Å². The zero-order valence-electron chi connectivity index (χ0n) is 10.1. The lowest BCUT2D eigenvalue weighted by molar-refractivity contribution is 0.103. The lowest BCUT2D eigenvalue weighted by Gasteiger charge is -2.08. The average Bonchev–Trinajstić information content (AvgIpc) is 2.36. The predicted octanol–water partition coefficient (Wildman–Crippen LogP) is 4.84. The van der Waals surface area contributed by atoms with Crippen molar-refractivity contribution in [3.63, 3.8) is 0 Å². The largest absolute Gasteiger partial charge is 0.289 e. The summed E-state index contributed by atoms with van der Waals surface area (Å²) < 4.78 is 0. The van der Waals surface area contributed by atoms with Gasteiger partial charge in [-0.2, -0.15) is 0 Å². The molecule has 0 spiro atoms. The SMILES string of the molecule is Cc1ccc(C(=O)c2ccc(Cl)c(C)c2Cl)cc1. The van der Waals surface area contributed by atoms with Crippen molar-refractivity contribution < 1.29 is 4.79 Å². The molecule has 0 saturated heterocycles. The van der Waals surface area contributed by atoms with Crippen LogP contribution in [-0.4, -0.2) is 5.78 Å². The van der Waals surface area contributed by atoms with Gasteiger partial charge in [0.25, 0.3) is 0 Å². The molecule has 3 heteroatoms. The van der Waals surface area contributed by atoms with Crippen molar-refractivity contribution >= 4 is 29.0 Å². The Morgan fingerprint density at radius 1 is 0.944 bits per heavy atom. The molecule has 92 valence electrons. The van der Waals surface area contributed by atoms with Gasteiger partial charge in [-0.1, -0.05) is 53.0 Å². The molecule has 0 aromatic heterocycles. The molecule has 0 aliphatic carbocycles. The molecular weight excluding hydrogens is 267 g/mol. The fourth-order valence-corrected chi connectivity index (χ4v) is 2.15. The summed E-state index contributed by atoms with van der Waals surface area (Å²) in [5.74, 6) is -0.0835. The molecule has 18 heavy (non-hydrogen) atoms. The first-order chi connectivity index (χ1) is 8.50. The second kappa shape index (κ2) is 5.13. The van der Waals surface area contributed by atoms with Crippen LogP contribution in [0, 0.1) is 13.8 Å². The standard InChI is InChI=1S/C15H12Cl2O/c1-9-3-5-11(6-4-9)15(18)12-7-8-13(16)10(2)14(12)17/h3-8H,1-2H3. The Morgan fingerprint density at radius 3 is 2.17 bits per heavy atom. The van der Waals surface area contributed by atoms with Crippen molar-refractivity contribution in [1.29, 1.82) is 0 Å². The van der Waals surface area contributed by atoms with Crippen LogP contribution < -0.4 is 0 Å². The van der Waals surface area contributed by atoms with Gasteiger partial charge in [0.1, 0.15) is 0 Å². The van der Waals surface area contributed by atoms with E-state index in [4.69, 9.17) is 23.2 Å². The van der Waals surface area contributed by atoms with Crippen LogP contribution in [0.1, 0.15) is 27.0 Å². The van der Waals surface area contributed by atoms with Crippen LogP contribution in [-0.2, 0) is 0 Å². The van der Waals surface area contributed by atoms with Crippen molar-refractivity contribution in [3.05, 3.63) is 68.7 Å². The molecule has 0 bridgehead atoms. The smallest absolute Gasteiger partial charge is 0.194 e. The first-order valence-electron chi connectivity index (χ1n) is 5.56. The first kappa shape index (κ1) is 13.1. The maximum Gasteiger partial charge on any atom is 0.194 e. The van der Waals surface area contributed by atoms with Crippen molar-refractivity contribution in [2.75, 3.05) is 0 Å². The summed E-state index contributed by atoms with van der Waals surface area (Å²) in [6, 6.07) is 10.8. The number of aryl methyl sites for hydroxylation is 1. The topological polar surface area (TPSA) is 17.1 Å². The number of hydrogen-bond acceptors (Lipinski definition) is 1. The van der Waals surface area contributed by atoms with Crippen LogP contribution in [0.5, 0.6) is 0 Å². The predicted molar refractivity (Wildman–Crippen MR) is 75.8 cm³/mol. The third kappa shape index (κ3) is 2.43. The van der Waals surface area contributed by atoms with Crippen LogP contribution >= 0.6 is 23.2 Å². The quantitative estimate of drug-likeness (QED) is 0.719. The van der Waals surface area contributed by atoms with Crippen LogP contribution in [0.4, 0.5) is 0 Å². The molecule has 2 aromatic rings. The highest BCUT2D eigenvalue weighted by Gasteiger charge is 2.15. The first-order valence-corrected chi connectivity index (χ1v) is 6.32. The van der Waals surface area contributed by atoms with E-state index in [1.165, 1.54) is 0 Å². The maximum absolute atomic E-state index is 12.3. The Kier molecular flexibility index (Phi) is 3.74. The molecule has 0 unspecified atom stereocenters. The second-order valence-electron chi connectivity index (χ2n) is 4.23. The molecule has 0 amide bonds. The van der Waals surface area contributed by atoms with Gasteiger partial charge in [-0.25, -0.2) is 0 Å². The van der Waals surface area contributed by atoms with Crippen LogP contribution in [0.25, 0.3) is 0 Å². The zero-order chi connectivity index (χ0) is 13.3. The van der Waals surface area contributed by atoms with Gasteiger partial charge >= 0.3 is 0 Å². The van der Waals surface area contributed by atoms with E-state index in [0.29, 0.717) is 21.2 Å². The summed E-state index contributed by atoms with van der Waals surface area (Å²) in [7, 11) is 0. The minimum atomic E-state index is -0.0835. The summed E-state index contributed by atoms with van der Waals surface area (Å²) in [5, 5.41) is 0.994. The molecule has 0 N–H and O–H groups in total. The molecule has 0 atom stereocenters. The molecule has 1 nitrogen and oxygen atoms in total. The highest BCUT2D eigenvalue weighted by Crippen LogP contribution is 2.28. The van der Waals surface area contributed by atoms with E-state index in [1.54, 1.807) is 31.2 Å². The molecule has 2 rings (SSSR count). The highest BCUT2D eigenvalue weighted by molar-refractivity contribution is 6.38. The normalized spacial score (nSPS) is 10.4.